The van der Waals surface area contributed by atoms with Crippen LogP contribution in [0.4, 0.5) is 4.79 Å². The molecule has 23 heavy (non-hydrogen) atoms. The molecule has 0 saturated heterocycles. The summed E-state index contributed by atoms with van der Waals surface area (Å²) in [6.45, 7) is 7.08. The summed E-state index contributed by atoms with van der Waals surface area (Å²) in [6.07, 6.45) is 3.92. The van der Waals surface area contributed by atoms with Crippen molar-refractivity contribution in [3.8, 4) is 0 Å². The number of hydrogen-bond acceptors (Lipinski definition) is 3. The number of alkyl carbamates (subject to hydrolysis) is 1. The van der Waals surface area contributed by atoms with E-state index in [0.717, 1.165) is 31.2 Å². The fraction of sp³-hybridized carbons (Fsp3) is 0.611. The lowest BCUT2D eigenvalue weighted by atomic mass is 9.93. The van der Waals surface area contributed by atoms with Crippen molar-refractivity contribution in [2.45, 2.75) is 63.6 Å². The summed E-state index contributed by atoms with van der Waals surface area (Å²) in [5.41, 5.74) is 1.15. The van der Waals surface area contributed by atoms with Crippen molar-refractivity contribution in [3.63, 3.8) is 0 Å². The maximum absolute atomic E-state index is 12.0. The molecule has 0 aliphatic heterocycles. The molecule has 126 valence electrons. The fourth-order valence-corrected chi connectivity index (χ4v) is 5.26. The topological polar surface area (TPSA) is 47.6 Å². The van der Waals surface area contributed by atoms with E-state index in [1.54, 1.807) is 0 Å². The number of benzene rings is 1. The zero-order chi connectivity index (χ0) is 16.5. The van der Waals surface area contributed by atoms with E-state index in [0.29, 0.717) is 12.5 Å². The van der Waals surface area contributed by atoms with Crippen LogP contribution in [-0.2, 0) is 15.8 Å². The predicted octanol–water partition coefficient (Wildman–Crippen LogP) is 4.08. The number of nitrogens with one attached hydrogen (secondary N) is 1. The van der Waals surface area contributed by atoms with Crippen LogP contribution < -0.4 is 5.32 Å². The van der Waals surface area contributed by atoms with Gasteiger partial charge in [-0.3, -0.25) is 0 Å². The minimum absolute atomic E-state index is 0.136. The first-order chi connectivity index (χ1) is 10.9. The maximum Gasteiger partial charge on any atom is 0.407 e. The highest BCUT2D eigenvalue weighted by atomic mass is 28.4. The Morgan fingerprint density at radius 2 is 2.04 bits per heavy atom. The Morgan fingerprint density at radius 1 is 1.30 bits per heavy atom. The molecule has 1 aromatic carbocycles. The minimum atomic E-state index is -1.49. The number of amides is 1. The molecule has 1 amide bonds. The van der Waals surface area contributed by atoms with Gasteiger partial charge in [-0.15, -0.1) is 0 Å². The average Bonchev–Trinajstić information content (AvgIpc) is 3.17. The number of fused-ring (bicyclic) bond motifs is 1. The molecule has 0 spiro atoms. The molecule has 2 saturated carbocycles. The third-order valence-electron chi connectivity index (χ3n) is 4.71. The van der Waals surface area contributed by atoms with Gasteiger partial charge in [0.1, 0.15) is 6.61 Å². The molecular formula is C18H27NO3Si. The van der Waals surface area contributed by atoms with Gasteiger partial charge >= 0.3 is 6.09 Å². The Morgan fingerprint density at radius 3 is 2.70 bits per heavy atom. The number of carbonyl (C=O) groups is 1. The molecule has 3 rings (SSSR count). The molecule has 0 bridgehead atoms. The molecule has 1 N–H and O–H groups in total. The predicted molar refractivity (Wildman–Crippen MR) is 92.7 cm³/mol. The lowest BCUT2D eigenvalue weighted by molar-refractivity contribution is 0.0999. The Balaban J connectivity index is 1.42. The van der Waals surface area contributed by atoms with E-state index >= 15 is 0 Å². The Kier molecular flexibility index (Phi) is 4.51. The third-order valence-corrected chi connectivity index (χ3v) is 5.72. The van der Waals surface area contributed by atoms with Crippen molar-refractivity contribution in [3.05, 3.63) is 35.9 Å². The molecule has 2 aliphatic carbocycles. The second-order valence-electron chi connectivity index (χ2n) is 7.86. The van der Waals surface area contributed by atoms with Gasteiger partial charge in [-0.25, -0.2) is 4.79 Å². The summed E-state index contributed by atoms with van der Waals surface area (Å²) in [6, 6.07) is 9.99. The fourth-order valence-electron chi connectivity index (χ4n) is 3.69. The van der Waals surface area contributed by atoms with Gasteiger partial charge in [0.05, 0.1) is 5.60 Å². The van der Waals surface area contributed by atoms with Crippen LogP contribution >= 0.6 is 0 Å². The van der Waals surface area contributed by atoms with Crippen LogP contribution in [0, 0.1) is 5.92 Å². The van der Waals surface area contributed by atoms with E-state index in [-0.39, 0.29) is 17.7 Å². The van der Waals surface area contributed by atoms with Gasteiger partial charge in [-0.05, 0) is 56.8 Å². The van der Waals surface area contributed by atoms with Gasteiger partial charge in [-0.1, -0.05) is 30.3 Å². The number of rotatable bonds is 5. The normalized spacial score (nSPS) is 29.5. The van der Waals surface area contributed by atoms with Crippen LogP contribution in [0.25, 0.3) is 0 Å². The third kappa shape index (κ3) is 4.35. The molecule has 5 heteroatoms. The highest BCUT2D eigenvalue weighted by Gasteiger charge is 2.59. The van der Waals surface area contributed by atoms with Crippen molar-refractivity contribution >= 4 is 14.4 Å². The van der Waals surface area contributed by atoms with E-state index in [1.165, 1.54) is 0 Å². The summed E-state index contributed by atoms with van der Waals surface area (Å²) < 4.78 is 11.7. The van der Waals surface area contributed by atoms with E-state index in [2.05, 4.69) is 25.0 Å². The largest absolute Gasteiger partial charge is 0.445 e. The standard InChI is InChI=1S/C18H27NO3Si/c1-23(2,3)22-18-10-9-16(11-15(18)12-18)19-17(20)21-13-14-7-5-4-6-8-14/h4-8,15-16H,9-13H2,1-3H3,(H,19,20). The lowest BCUT2D eigenvalue weighted by Gasteiger charge is -2.33. The zero-order valence-electron chi connectivity index (χ0n) is 14.3. The summed E-state index contributed by atoms with van der Waals surface area (Å²) in [5, 5.41) is 3.02. The Hall–Kier alpha value is -1.33. The van der Waals surface area contributed by atoms with Gasteiger partial charge in [0.15, 0.2) is 8.32 Å². The quantitative estimate of drug-likeness (QED) is 0.826. The van der Waals surface area contributed by atoms with Crippen molar-refractivity contribution < 1.29 is 14.0 Å². The molecule has 2 fully saturated rings. The molecule has 1 aromatic rings. The monoisotopic (exact) mass is 333 g/mol. The molecule has 0 heterocycles. The average molecular weight is 334 g/mol. The molecular weight excluding hydrogens is 306 g/mol. The smallest absolute Gasteiger partial charge is 0.407 e. The first kappa shape index (κ1) is 16.5. The lowest BCUT2D eigenvalue weighted by Crippen LogP contribution is -2.42. The van der Waals surface area contributed by atoms with E-state index in [1.807, 2.05) is 30.3 Å². The number of ether oxygens (including phenoxy) is 1. The summed E-state index contributed by atoms with van der Waals surface area (Å²) in [7, 11) is -1.49. The van der Waals surface area contributed by atoms with Crippen LogP contribution in [-0.4, -0.2) is 26.1 Å². The SMILES string of the molecule is C[Si](C)(C)OC12CCC(NC(=O)OCc3ccccc3)CC1C2. The zero-order valence-corrected chi connectivity index (χ0v) is 15.3. The molecule has 0 radical (unpaired) electrons. The van der Waals surface area contributed by atoms with Crippen molar-refractivity contribution in [2.24, 2.45) is 5.92 Å². The number of hydrogen-bond donors (Lipinski definition) is 1. The Labute approximate surface area is 139 Å². The van der Waals surface area contributed by atoms with E-state index < -0.39 is 8.32 Å². The van der Waals surface area contributed by atoms with E-state index in [4.69, 9.17) is 9.16 Å². The van der Waals surface area contributed by atoms with Crippen LogP contribution in [0.3, 0.4) is 0 Å². The van der Waals surface area contributed by atoms with Crippen LogP contribution in [0.1, 0.15) is 31.2 Å². The molecule has 3 unspecified atom stereocenters. The molecule has 3 atom stereocenters. The van der Waals surface area contributed by atoms with Gasteiger partial charge in [0.2, 0.25) is 0 Å². The minimum Gasteiger partial charge on any atom is -0.445 e. The van der Waals surface area contributed by atoms with Gasteiger partial charge < -0.3 is 14.5 Å². The first-order valence-corrected chi connectivity index (χ1v) is 11.9. The highest BCUT2D eigenvalue weighted by Crippen LogP contribution is 2.57. The van der Waals surface area contributed by atoms with E-state index in [9.17, 15) is 4.79 Å². The highest BCUT2D eigenvalue weighted by molar-refractivity contribution is 6.69. The molecule has 4 nitrogen and oxygen atoms in total. The molecule has 0 aromatic heterocycles. The second-order valence-corrected chi connectivity index (χ2v) is 12.3. The first-order valence-electron chi connectivity index (χ1n) is 8.54. The summed E-state index contributed by atoms with van der Waals surface area (Å²) in [5.74, 6) is 0.613. The summed E-state index contributed by atoms with van der Waals surface area (Å²) in [4.78, 5) is 12.0. The van der Waals surface area contributed by atoms with Crippen LogP contribution in [0.15, 0.2) is 30.3 Å². The summed E-state index contributed by atoms with van der Waals surface area (Å²) >= 11 is 0. The van der Waals surface area contributed by atoms with Gasteiger partial charge in [0.25, 0.3) is 0 Å². The van der Waals surface area contributed by atoms with Gasteiger partial charge in [-0.2, -0.15) is 0 Å². The van der Waals surface area contributed by atoms with Crippen molar-refractivity contribution in [1.82, 2.24) is 5.32 Å². The van der Waals surface area contributed by atoms with Crippen LogP contribution in [0.2, 0.25) is 19.6 Å². The van der Waals surface area contributed by atoms with Crippen molar-refractivity contribution in [1.29, 1.82) is 0 Å². The second kappa shape index (κ2) is 6.28. The molecule has 2 aliphatic rings. The van der Waals surface area contributed by atoms with Crippen LogP contribution in [0.5, 0.6) is 0 Å². The van der Waals surface area contributed by atoms with Gasteiger partial charge in [0, 0.05) is 6.04 Å². The number of carbonyl (C=O) groups excluding carboxylic acids is 1. The maximum atomic E-state index is 12.0. The Bertz CT molecular complexity index is 557. The van der Waals surface area contributed by atoms with Crippen molar-refractivity contribution in [2.75, 3.05) is 0 Å².